The van der Waals surface area contributed by atoms with Crippen LogP contribution < -0.4 is 4.74 Å². The fourth-order valence-corrected chi connectivity index (χ4v) is 1.86. The molecule has 3 nitrogen and oxygen atoms in total. The average molecular weight is 244 g/mol. The summed E-state index contributed by atoms with van der Waals surface area (Å²) in [5.74, 6) is -0.0249. The second-order valence-electron chi connectivity index (χ2n) is 4.86. The van der Waals surface area contributed by atoms with E-state index in [1.165, 1.54) is 0 Å². The Balaban J connectivity index is 2.55. The third-order valence-corrected chi connectivity index (χ3v) is 3.30. The highest BCUT2D eigenvalue weighted by Crippen LogP contribution is 2.28. The summed E-state index contributed by atoms with van der Waals surface area (Å²) in [5.41, 5.74) is -0.0821. The molecule has 0 atom stereocenters. The Hall–Kier alpha value is -2.03. The third kappa shape index (κ3) is 2.04. The van der Waals surface area contributed by atoms with Gasteiger partial charge in [0.15, 0.2) is 0 Å². The smallest absolute Gasteiger partial charge is 0.313 e. The maximum Gasteiger partial charge on any atom is 0.313 e. The summed E-state index contributed by atoms with van der Waals surface area (Å²) in [6, 6.07) is 11.5. The molecule has 2 aromatic carbocycles. The van der Waals surface area contributed by atoms with Gasteiger partial charge in [0, 0.05) is 0 Å². The Morgan fingerprint density at radius 1 is 1.11 bits per heavy atom. The van der Waals surface area contributed by atoms with Gasteiger partial charge in [-0.15, -0.1) is 0 Å². The van der Waals surface area contributed by atoms with E-state index in [0.717, 1.165) is 22.1 Å². The summed E-state index contributed by atoms with van der Waals surface area (Å²) < 4.78 is 5.16. The lowest BCUT2D eigenvalue weighted by atomic mass is 9.84. The van der Waals surface area contributed by atoms with Crippen LogP contribution in [0.1, 0.15) is 19.4 Å². The number of carboxylic acid groups (broad SMARTS) is 1. The highest BCUT2D eigenvalue weighted by Gasteiger charge is 2.29. The van der Waals surface area contributed by atoms with E-state index in [-0.39, 0.29) is 0 Å². The van der Waals surface area contributed by atoms with Crippen molar-refractivity contribution >= 4 is 16.7 Å². The molecule has 0 fully saturated rings. The molecule has 0 saturated heterocycles. The van der Waals surface area contributed by atoms with Crippen molar-refractivity contribution in [3.8, 4) is 5.75 Å². The Bertz CT molecular complexity index is 600. The number of hydrogen-bond acceptors (Lipinski definition) is 2. The van der Waals surface area contributed by atoms with Crippen molar-refractivity contribution in [1.82, 2.24) is 0 Å². The highest BCUT2D eigenvalue weighted by molar-refractivity contribution is 5.87. The van der Waals surface area contributed by atoms with Gasteiger partial charge in [-0.2, -0.15) is 0 Å². The molecule has 2 rings (SSSR count). The Morgan fingerprint density at radius 2 is 1.72 bits per heavy atom. The average Bonchev–Trinajstić information content (AvgIpc) is 2.37. The van der Waals surface area contributed by atoms with E-state index in [1.54, 1.807) is 21.0 Å². The molecule has 18 heavy (non-hydrogen) atoms. The second-order valence-corrected chi connectivity index (χ2v) is 4.86. The van der Waals surface area contributed by atoms with Crippen LogP contribution in [0.15, 0.2) is 36.4 Å². The Morgan fingerprint density at radius 3 is 2.33 bits per heavy atom. The lowest BCUT2D eigenvalue weighted by Crippen LogP contribution is -2.28. The summed E-state index contributed by atoms with van der Waals surface area (Å²) in [6.07, 6.45) is 0. The summed E-state index contributed by atoms with van der Waals surface area (Å²) in [7, 11) is 1.63. The molecule has 3 heteroatoms. The van der Waals surface area contributed by atoms with Crippen LogP contribution in [0.5, 0.6) is 5.75 Å². The molecule has 0 heterocycles. The van der Waals surface area contributed by atoms with E-state index in [1.807, 2.05) is 36.4 Å². The van der Waals surface area contributed by atoms with Crippen LogP contribution >= 0.6 is 0 Å². The van der Waals surface area contributed by atoms with E-state index in [2.05, 4.69) is 0 Å². The van der Waals surface area contributed by atoms with Gasteiger partial charge in [-0.1, -0.05) is 24.3 Å². The lowest BCUT2D eigenvalue weighted by molar-refractivity contribution is -0.142. The molecule has 0 aromatic heterocycles. The molecule has 0 aliphatic rings. The number of carboxylic acids is 1. The zero-order valence-corrected chi connectivity index (χ0v) is 10.7. The van der Waals surface area contributed by atoms with Gasteiger partial charge in [0.1, 0.15) is 5.75 Å². The van der Waals surface area contributed by atoms with Crippen LogP contribution in [-0.4, -0.2) is 18.2 Å². The first-order valence-corrected chi connectivity index (χ1v) is 5.77. The Kier molecular flexibility index (Phi) is 2.99. The van der Waals surface area contributed by atoms with Gasteiger partial charge in [0.2, 0.25) is 0 Å². The van der Waals surface area contributed by atoms with Crippen molar-refractivity contribution in [2.75, 3.05) is 7.11 Å². The number of aliphatic carboxylic acids is 1. The predicted octanol–water partition coefficient (Wildman–Crippen LogP) is 3.21. The monoisotopic (exact) mass is 244 g/mol. The normalized spacial score (nSPS) is 11.5. The van der Waals surface area contributed by atoms with Crippen LogP contribution in [-0.2, 0) is 10.2 Å². The van der Waals surface area contributed by atoms with Crippen molar-refractivity contribution in [2.45, 2.75) is 19.3 Å². The van der Waals surface area contributed by atoms with Crippen molar-refractivity contribution in [1.29, 1.82) is 0 Å². The first-order valence-electron chi connectivity index (χ1n) is 5.77. The number of fused-ring (bicyclic) bond motifs is 1. The van der Waals surface area contributed by atoms with Crippen molar-refractivity contribution < 1.29 is 14.6 Å². The SMILES string of the molecule is COc1ccc2cc(C(C)(C)C(=O)O)ccc2c1. The molecular formula is C15H16O3. The summed E-state index contributed by atoms with van der Waals surface area (Å²) in [4.78, 5) is 11.2. The number of carbonyl (C=O) groups is 1. The second kappa shape index (κ2) is 4.33. The van der Waals surface area contributed by atoms with E-state index in [4.69, 9.17) is 4.74 Å². The fraction of sp³-hybridized carbons (Fsp3) is 0.267. The van der Waals surface area contributed by atoms with Crippen molar-refractivity contribution in [3.63, 3.8) is 0 Å². The number of rotatable bonds is 3. The summed E-state index contributed by atoms with van der Waals surface area (Å²) in [6.45, 7) is 3.42. The molecule has 0 radical (unpaired) electrons. The van der Waals surface area contributed by atoms with Crippen LogP contribution in [0.25, 0.3) is 10.8 Å². The van der Waals surface area contributed by atoms with E-state index >= 15 is 0 Å². The minimum absolute atomic E-state index is 0.799. The van der Waals surface area contributed by atoms with Crippen molar-refractivity contribution in [2.24, 2.45) is 0 Å². The van der Waals surface area contributed by atoms with Crippen LogP contribution in [0.3, 0.4) is 0 Å². The van der Waals surface area contributed by atoms with Gasteiger partial charge in [0.05, 0.1) is 12.5 Å². The minimum Gasteiger partial charge on any atom is -0.497 e. The zero-order valence-electron chi connectivity index (χ0n) is 10.7. The summed E-state index contributed by atoms with van der Waals surface area (Å²) in [5, 5.41) is 11.3. The molecule has 0 saturated carbocycles. The molecular weight excluding hydrogens is 228 g/mol. The van der Waals surface area contributed by atoms with Crippen LogP contribution in [0.2, 0.25) is 0 Å². The highest BCUT2D eigenvalue weighted by atomic mass is 16.5. The van der Waals surface area contributed by atoms with Gasteiger partial charge in [0.25, 0.3) is 0 Å². The molecule has 0 aliphatic carbocycles. The third-order valence-electron chi connectivity index (χ3n) is 3.30. The molecule has 0 spiro atoms. The molecule has 0 amide bonds. The molecule has 0 bridgehead atoms. The number of hydrogen-bond donors (Lipinski definition) is 1. The molecule has 1 N–H and O–H groups in total. The maximum absolute atomic E-state index is 11.2. The van der Waals surface area contributed by atoms with Gasteiger partial charge >= 0.3 is 5.97 Å². The van der Waals surface area contributed by atoms with Crippen LogP contribution in [0.4, 0.5) is 0 Å². The fourth-order valence-electron chi connectivity index (χ4n) is 1.86. The predicted molar refractivity (Wildman–Crippen MR) is 71.2 cm³/mol. The van der Waals surface area contributed by atoms with E-state index < -0.39 is 11.4 Å². The first kappa shape index (κ1) is 12.4. The maximum atomic E-state index is 11.2. The van der Waals surface area contributed by atoms with Gasteiger partial charge < -0.3 is 9.84 Å². The first-order chi connectivity index (χ1) is 8.45. The molecule has 94 valence electrons. The van der Waals surface area contributed by atoms with Gasteiger partial charge in [-0.3, -0.25) is 4.79 Å². The van der Waals surface area contributed by atoms with Crippen LogP contribution in [0, 0.1) is 0 Å². The van der Waals surface area contributed by atoms with Crippen molar-refractivity contribution in [3.05, 3.63) is 42.0 Å². The zero-order chi connectivity index (χ0) is 13.3. The summed E-state index contributed by atoms with van der Waals surface area (Å²) >= 11 is 0. The molecule has 0 aliphatic heterocycles. The quantitative estimate of drug-likeness (QED) is 0.901. The molecule has 0 unspecified atom stereocenters. The number of benzene rings is 2. The van der Waals surface area contributed by atoms with E-state index in [0.29, 0.717) is 0 Å². The largest absolute Gasteiger partial charge is 0.497 e. The lowest BCUT2D eigenvalue weighted by Gasteiger charge is -2.20. The standard InChI is InChI=1S/C15H16O3/c1-15(2,14(16)17)12-6-4-11-9-13(18-3)7-5-10(11)8-12/h4-9H,1-3H3,(H,16,17). The van der Waals surface area contributed by atoms with Gasteiger partial charge in [-0.25, -0.2) is 0 Å². The number of ether oxygens (including phenoxy) is 1. The topological polar surface area (TPSA) is 46.5 Å². The number of methoxy groups -OCH3 is 1. The molecule has 2 aromatic rings. The van der Waals surface area contributed by atoms with E-state index in [9.17, 15) is 9.90 Å². The van der Waals surface area contributed by atoms with Gasteiger partial charge in [-0.05, 0) is 42.3 Å². The minimum atomic E-state index is -0.881. The Labute approximate surface area is 106 Å².